The molecule has 2 rings (SSSR count). The van der Waals surface area contributed by atoms with E-state index < -0.39 is 0 Å². The van der Waals surface area contributed by atoms with Crippen LogP contribution in [0.4, 0.5) is 11.4 Å². The number of pyridine rings is 1. The molecule has 2 aromatic rings. The molecule has 3 N–H and O–H groups in total. The van der Waals surface area contributed by atoms with Crippen molar-refractivity contribution in [1.82, 2.24) is 9.55 Å². The van der Waals surface area contributed by atoms with Crippen molar-refractivity contribution in [3.8, 4) is 0 Å². The van der Waals surface area contributed by atoms with E-state index in [4.69, 9.17) is 5.73 Å². The second-order valence-electron chi connectivity index (χ2n) is 3.75. The van der Waals surface area contributed by atoms with Crippen molar-refractivity contribution in [2.75, 3.05) is 11.1 Å². The first kappa shape index (κ1) is 12.6. The molecule has 0 aliphatic carbocycles. The highest BCUT2D eigenvalue weighted by atomic mass is 79.9. The molecule has 0 bridgehead atoms. The van der Waals surface area contributed by atoms with Crippen LogP contribution in [0.15, 0.2) is 35.2 Å². The van der Waals surface area contributed by atoms with E-state index in [0.29, 0.717) is 23.6 Å². The topological polar surface area (TPSA) is 72.9 Å². The molecule has 0 spiro atoms. The molecular weight excluding hydrogens is 296 g/mol. The lowest BCUT2D eigenvalue weighted by molar-refractivity contribution is 0.101. The first-order valence-corrected chi connectivity index (χ1v) is 6.27. The summed E-state index contributed by atoms with van der Waals surface area (Å²) in [6.45, 7) is 2.65. The average Bonchev–Trinajstić information content (AvgIpc) is 2.73. The van der Waals surface area contributed by atoms with Crippen LogP contribution in [-0.2, 0) is 6.54 Å². The van der Waals surface area contributed by atoms with E-state index in [-0.39, 0.29) is 5.91 Å². The van der Waals surface area contributed by atoms with Crippen molar-refractivity contribution in [2.24, 2.45) is 0 Å². The summed E-state index contributed by atoms with van der Waals surface area (Å²) < 4.78 is 2.54. The van der Waals surface area contributed by atoms with Crippen molar-refractivity contribution in [2.45, 2.75) is 13.5 Å². The van der Waals surface area contributed by atoms with Gasteiger partial charge in [-0.05, 0) is 35.0 Å². The van der Waals surface area contributed by atoms with Crippen molar-refractivity contribution in [3.05, 3.63) is 40.9 Å². The Labute approximate surface area is 113 Å². The van der Waals surface area contributed by atoms with Crippen LogP contribution in [0.3, 0.4) is 0 Å². The summed E-state index contributed by atoms with van der Waals surface area (Å²) in [5, 5.41) is 2.81. The van der Waals surface area contributed by atoms with Gasteiger partial charge in [0.15, 0.2) is 0 Å². The van der Waals surface area contributed by atoms with Crippen LogP contribution in [-0.4, -0.2) is 15.5 Å². The van der Waals surface area contributed by atoms with Crippen LogP contribution in [0.2, 0.25) is 0 Å². The summed E-state index contributed by atoms with van der Waals surface area (Å²) in [6.07, 6.45) is 4.99. The van der Waals surface area contributed by atoms with E-state index in [0.717, 1.165) is 4.47 Å². The molecular formula is C12H13BrN4O. The second-order valence-corrected chi connectivity index (χ2v) is 4.61. The van der Waals surface area contributed by atoms with Crippen LogP contribution >= 0.6 is 15.9 Å². The Balaban J connectivity index is 2.25. The van der Waals surface area contributed by atoms with E-state index in [9.17, 15) is 4.79 Å². The van der Waals surface area contributed by atoms with Crippen molar-refractivity contribution in [1.29, 1.82) is 0 Å². The number of rotatable bonds is 3. The Morgan fingerprint density at radius 3 is 3.06 bits per heavy atom. The number of carbonyl (C=O) groups excluding carboxylic acids is 1. The van der Waals surface area contributed by atoms with E-state index in [2.05, 4.69) is 26.2 Å². The van der Waals surface area contributed by atoms with Crippen LogP contribution < -0.4 is 11.1 Å². The predicted octanol–water partition coefficient (Wildman–Crippen LogP) is 2.50. The number of nitrogens with two attached hydrogens (primary N) is 1. The lowest BCUT2D eigenvalue weighted by Crippen LogP contribution is -2.16. The summed E-state index contributed by atoms with van der Waals surface area (Å²) in [5.41, 5.74) is 7.49. The largest absolute Gasteiger partial charge is 0.397 e. The summed E-state index contributed by atoms with van der Waals surface area (Å²) >= 11 is 3.33. The Hall–Kier alpha value is -1.82. The Kier molecular flexibility index (Phi) is 3.66. The summed E-state index contributed by atoms with van der Waals surface area (Å²) in [4.78, 5) is 16.1. The number of anilines is 2. The van der Waals surface area contributed by atoms with Gasteiger partial charge in [-0.25, -0.2) is 0 Å². The minimum absolute atomic E-state index is 0.194. The zero-order valence-electron chi connectivity index (χ0n) is 9.85. The van der Waals surface area contributed by atoms with Gasteiger partial charge in [0, 0.05) is 25.1 Å². The fourth-order valence-corrected chi connectivity index (χ4v) is 2.00. The SMILES string of the molecule is CCn1cc(N)cc1C(=O)Nc1ccncc1Br. The van der Waals surface area contributed by atoms with Gasteiger partial charge < -0.3 is 15.6 Å². The molecule has 0 aromatic carbocycles. The molecule has 94 valence electrons. The molecule has 0 saturated heterocycles. The number of hydrogen-bond donors (Lipinski definition) is 2. The molecule has 1 amide bonds. The van der Waals surface area contributed by atoms with Gasteiger partial charge in [-0.15, -0.1) is 0 Å². The lowest BCUT2D eigenvalue weighted by Gasteiger charge is -2.08. The van der Waals surface area contributed by atoms with Gasteiger partial charge in [0.25, 0.3) is 5.91 Å². The maximum absolute atomic E-state index is 12.1. The van der Waals surface area contributed by atoms with Crippen LogP contribution in [0.5, 0.6) is 0 Å². The van der Waals surface area contributed by atoms with Gasteiger partial charge in [-0.3, -0.25) is 9.78 Å². The zero-order valence-corrected chi connectivity index (χ0v) is 11.4. The van der Waals surface area contributed by atoms with Gasteiger partial charge in [0.05, 0.1) is 15.8 Å². The molecule has 0 aliphatic rings. The number of carbonyl (C=O) groups is 1. The third-order valence-corrected chi connectivity index (χ3v) is 3.14. The van der Waals surface area contributed by atoms with E-state index >= 15 is 0 Å². The minimum atomic E-state index is -0.194. The normalized spacial score (nSPS) is 10.3. The number of aromatic nitrogens is 2. The zero-order chi connectivity index (χ0) is 13.1. The van der Waals surface area contributed by atoms with E-state index in [1.54, 1.807) is 35.3 Å². The molecule has 0 radical (unpaired) electrons. The molecule has 0 atom stereocenters. The highest BCUT2D eigenvalue weighted by Crippen LogP contribution is 2.21. The fraction of sp³-hybridized carbons (Fsp3) is 0.167. The van der Waals surface area contributed by atoms with E-state index in [1.165, 1.54) is 0 Å². The van der Waals surface area contributed by atoms with Crippen LogP contribution in [0.1, 0.15) is 17.4 Å². The van der Waals surface area contributed by atoms with E-state index in [1.807, 2.05) is 6.92 Å². The molecule has 6 heteroatoms. The molecule has 0 fully saturated rings. The minimum Gasteiger partial charge on any atom is -0.397 e. The number of aryl methyl sites for hydroxylation is 1. The maximum atomic E-state index is 12.1. The second kappa shape index (κ2) is 5.22. The predicted molar refractivity (Wildman–Crippen MR) is 74.4 cm³/mol. The third kappa shape index (κ3) is 2.53. The van der Waals surface area contributed by atoms with Gasteiger partial charge >= 0.3 is 0 Å². The number of nitrogens with one attached hydrogen (secondary N) is 1. The molecule has 5 nitrogen and oxygen atoms in total. The average molecular weight is 309 g/mol. The number of hydrogen-bond acceptors (Lipinski definition) is 3. The van der Waals surface area contributed by atoms with Gasteiger partial charge in [-0.2, -0.15) is 0 Å². The summed E-state index contributed by atoms with van der Waals surface area (Å²) in [6, 6.07) is 3.39. The first-order valence-electron chi connectivity index (χ1n) is 5.48. The highest BCUT2D eigenvalue weighted by molar-refractivity contribution is 9.10. The van der Waals surface area contributed by atoms with Crippen LogP contribution in [0.25, 0.3) is 0 Å². The fourth-order valence-electron chi connectivity index (χ4n) is 1.65. The molecule has 2 aromatic heterocycles. The Morgan fingerprint density at radius 1 is 1.61 bits per heavy atom. The summed E-state index contributed by atoms with van der Waals surface area (Å²) in [5.74, 6) is -0.194. The molecule has 0 aliphatic heterocycles. The number of nitrogens with zero attached hydrogens (tertiary/aromatic N) is 2. The number of halogens is 1. The monoisotopic (exact) mass is 308 g/mol. The number of nitrogen functional groups attached to an aromatic ring is 1. The third-order valence-electron chi connectivity index (χ3n) is 2.51. The molecule has 0 unspecified atom stereocenters. The number of amides is 1. The molecule has 18 heavy (non-hydrogen) atoms. The quantitative estimate of drug-likeness (QED) is 0.915. The lowest BCUT2D eigenvalue weighted by atomic mass is 10.3. The van der Waals surface area contributed by atoms with Gasteiger partial charge in [0.2, 0.25) is 0 Å². The first-order chi connectivity index (χ1) is 8.61. The Morgan fingerprint density at radius 2 is 2.39 bits per heavy atom. The standard InChI is InChI=1S/C12H13BrN4O/c1-2-17-7-8(14)5-11(17)12(18)16-10-3-4-15-6-9(10)13/h3-7H,2,14H2,1H3,(H,15,16,18). The smallest absolute Gasteiger partial charge is 0.272 e. The Bertz CT molecular complexity index is 579. The molecule has 2 heterocycles. The van der Waals surface area contributed by atoms with Gasteiger partial charge in [0.1, 0.15) is 5.69 Å². The maximum Gasteiger partial charge on any atom is 0.272 e. The van der Waals surface area contributed by atoms with Crippen LogP contribution in [0, 0.1) is 0 Å². The van der Waals surface area contributed by atoms with Crippen molar-refractivity contribution in [3.63, 3.8) is 0 Å². The van der Waals surface area contributed by atoms with Crippen molar-refractivity contribution >= 4 is 33.2 Å². The van der Waals surface area contributed by atoms with Gasteiger partial charge in [-0.1, -0.05) is 0 Å². The summed E-state index contributed by atoms with van der Waals surface area (Å²) in [7, 11) is 0. The molecule has 0 saturated carbocycles. The highest BCUT2D eigenvalue weighted by Gasteiger charge is 2.13. The van der Waals surface area contributed by atoms with Crippen molar-refractivity contribution < 1.29 is 4.79 Å².